The molecule has 1 atom stereocenters. The molecule has 0 aliphatic heterocycles. The number of ether oxygens (including phenoxy) is 3. The van der Waals surface area contributed by atoms with E-state index in [2.05, 4.69) is 0 Å². The van der Waals surface area contributed by atoms with Gasteiger partial charge < -0.3 is 19.3 Å². The van der Waals surface area contributed by atoms with Crippen molar-refractivity contribution in [1.29, 1.82) is 0 Å². The van der Waals surface area contributed by atoms with Gasteiger partial charge in [0.25, 0.3) is 0 Å². The predicted octanol–water partition coefficient (Wildman–Crippen LogP) is 6.78. The van der Waals surface area contributed by atoms with Gasteiger partial charge in [-0.1, -0.05) is 23.7 Å². The lowest BCUT2D eigenvalue weighted by molar-refractivity contribution is -0.283. The Labute approximate surface area is 197 Å². The second-order valence-electron chi connectivity index (χ2n) is 7.26. The summed E-state index contributed by atoms with van der Waals surface area (Å²) in [5.74, 6) is -2.68. The van der Waals surface area contributed by atoms with Gasteiger partial charge in [0.2, 0.25) is 5.60 Å². The molecule has 0 unspecified atom stereocenters. The fraction of sp³-hybridized carbons (Fsp3) is 0.250. The van der Waals surface area contributed by atoms with Crippen LogP contribution >= 0.6 is 11.6 Å². The summed E-state index contributed by atoms with van der Waals surface area (Å²) in [5, 5.41) is 10.9. The third-order valence-electron chi connectivity index (χ3n) is 4.76. The van der Waals surface area contributed by atoms with Crippen LogP contribution in [0.15, 0.2) is 60.7 Å². The summed E-state index contributed by atoms with van der Waals surface area (Å²) in [6.07, 6.45) is -5.28. The number of alkyl halides is 3. The van der Waals surface area contributed by atoms with E-state index in [0.717, 1.165) is 0 Å². The Morgan fingerprint density at radius 1 is 0.912 bits per heavy atom. The monoisotopic (exact) mass is 502 g/mol. The summed E-state index contributed by atoms with van der Waals surface area (Å²) in [6.45, 7) is -0.271. The second kappa shape index (κ2) is 10.6. The largest absolute Gasteiger partial charge is 0.488 e. The highest BCUT2D eigenvalue weighted by Gasteiger charge is 2.56. The van der Waals surface area contributed by atoms with E-state index >= 15 is 0 Å². The number of benzene rings is 3. The van der Waals surface area contributed by atoms with Gasteiger partial charge in [0.15, 0.2) is 17.4 Å². The van der Waals surface area contributed by atoms with Crippen molar-refractivity contribution in [2.45, 2.75) is 25.3 Å². The number of rotatable bonds is 9. The minimum atomic E-state index is -5.28. The maximum absolute atomic E-state index is 14.1. The second-order valence-corrected chi connectivity index (χ2v) is 7.69. The van der Waals surface area contributed by atoms with E-state index in [1.165, 1.54) is 13.0 Å². The van der Waals surface area contributed by atoms with Crippen molar-refractivity contribution in [2.24, 2.45) is 0 Å². The minimum absolute atomic E-state index is 0.0966. The first-order valence-corrected chi connectivity index (χ1v) is 10.4. The van der Waals surface area contributed by atoms with Crippen molar-refractivity contribution in [3.05, 3.63) is 88.4 Å². The molecule has 3 aromatic carbocycles. The average Bonchev–Trinajstić information content (AvgIpc) is 2.77. The lowest BCUT2D eigenvalue weighted by Gasteiger charge is -2.31. The highest BCUT2D eigenvalue weighted by atomic mass is 35.5. The summed E-state index contributed by atoms with van der Waals surface area (Å²) in [6, 6.07) is 13.7. The molecule has 1 N–H and O–H groups in total. The fourth-order valence-electron chi connectivity index (χ4n) is 3.06. The van der Waals surface area contributed by atoms with Gasteiger partial charge in [0.05, 0.1) is 19.8 Å². The zero-order valence-electron chi connectivity index (χ0n) is 17.8. The molecular formula is C24H20ClF5O4. The average molecular weight is 503 g/mol. The van der Waals surface area contributed by atoms with Gasteiger partial charge in [-0.15, -0.1) is 0 Å². The summed E-state index contributed by atoms with van der Waals surface area (Å²) in [5.41, 5.74) is -4.25. The van der Waals surface area contributed by atoms with E-state index in [-0.39, 0.29) is 13.2 Å². The van der Waals surface area contributed by atoms with E-state index in [1.54, 1.807) is 42.5 Å². The molecule has 0 aliphatic rings. The molecule has 0 aromatic heterocycles. The van der Waals surface area contributed by atoms with Crippen molar-refractivity contribution in [3.8, 4) is 17.2 Å². The van der Waals surface area contributed by atoms with Crippen LogP contribution in [0.2, 0.25) is 5.02 Å². The molecule has 0 saturated carbocycles. The number of hydrogen-bond acceptors (Lipinski definition) is 4. The number of halogens is 6. The van der Waals surface area contributed by atoms with Crippen LogP contribution in [0.25, 0.3) is 0 Å². The molecule has 3 rings (SSSR count). The van der Waals surface area contributed by atoms with Crippen molar-refractivity contribution in [2.75, 3.05) is 13.2 Å². The van der Waals surface area contributed by atoms with E-state index in [9.17, 15) is 27.1 Å². The van der Waals surface area contributed by atoms with Crippen LogP contribution in [0.3, 0.4) is 0 Å². The molecule has 0 radical (unpaired) electrons. The van der Waals surface area contributed by atoms with Crippen LogP contribution in [0.1, 0.15) is 18.1 Å². The highest BCUT2D eigenvalue weighted by Crippen LogP contribution is 2.41. The van der Waals surface area contributed by atoms with Crippen molar-refractivity contribution < 1.29 is 41.3 Å². The van der Waals surface area contributed by atoms with Crippen molar-refractivity contribution in [3.63, 3.8) is 0 Å². The minimum Gasteiger partial charge on any atom is -0.488 e. The number of hydrogen-bond donors (Lipinski definition) is 1. The van der Waals surface area contributed by atoms with Crippen molar-refractivity contribution in [1.82, 2.24) is 0 Å². The molecule has 10 heteroatoms. The van der Waals surface area contributed by atoms with Gasteiger partial charge in [-0.2, -0.15) is 13.2 Å². The third kappa shape index (κ3) is 5.97. The summed E-state index contributed by atoms with van der Waals surface area (Å²) in [7, 11) is 0. The van der Waals surface area contributed by atoms with Crippen LogP contribution in [0, 0.1) is 11.6 Å². The molecule has 0 amide bonds. The topological polar surface area (TPSA) is 47.9 Å². The molecule has 0 fully saturated rings. The first-order valence-electron chi connectivity index (χ1n) is 10.0. The Morgan fingerprint density at radius 2 is 1.56 bits per heavy atom. The molecule has 0 spiro atoms. The van der Waals surface area contributed by atoms with Crippen LogP contribution in [-0.4, -0.2) is 24.5 Å². The Bertz CT molecular complexity index is 1100. The zero-order chi connectivity index (χ0) is 24.9. The standard InChI is InChI=1S/C24H20ClF5O4/c1-2-33-22-20(26)11-16(12-21(22)27)23(31,24(28,29)30)14-32-13-15-4-3-5-19(10-15)34-18-8-6-17(25)7-9-18/h3-12,31H,2,13-14H2,1H3/t23-/m1/s1. The smallest absolute Gasteiger partial charge is 0.423 e. The fourth-order valence-corrected chi connectivity index (χ4v) is 3.19. The van der Waals surface area contributed by atoms with Gasteiger partial charge in [-0.05, 0) is 61.0 Å². The molecule has 182 valence electrons. The van der Waals surface area contributed by atoms with Crippen LogP contribution < -0.4 is 9.47 Å². The predicted molar refractivity (Wildman–Crippen MR) is 115 cm³/mol. The zero-order valence-corrected chi connectivity index (χ0v) is 18.6. The highest BCUT2D eigenvalue weighted by molar-refractivity contribution is 6.30. The van der Waals surface area contributed by atoms with Gasteiger partial charge in [-0.3, -0.25) is 0 Å². The van der Waals surface area contributed by atoms with E-state index < -0.39 is 41.3 Å². The van der Waals surface area contributed by atoms with Crippen LogP contribution in [-0.2, 0) is 16.9 Å². The van der Waals surface area contributed by atoms with E-state index in [4.69, 9.17) is 25.8 Å². The van der Waals surface area contributed by atoms with Crippen molar-refractivity contribution >= 4 is 11.6 Å². The maximum Gasteiger partial charge on any atom is 0.423 e. The normalized spacial score (nSPS) is 13.4. The van der Waals surface area contributed by atoms with Crippen LogP contribution in [0.4, 0.5) is 22.0 Å². The maximum atomic E-state index is 14.1. The third-order valence-corrected chi connectivity index (χ3v) is 5.01. The Balaban J connectivity index is 1.75. The summed E-state index contributed by atoms with van der Waals surface area (Å²) in [4.78, 5) is 0. The Morgan fingerprint density at radius 3 is 2.15 bits per heavy atom. The molecule has 4 nitrogen and oxygen atoms in total. The lowest BCUT2D eigenvalue weighted by Crippen LogP contribution is -2.46. The molecule has 0 bridgehead atoms. The first-order chi connectivity index (χ1) is 16.0. The Hall–Kier alpha value is -2.88. The first kappa shape index (κ1) is 25.7. The van der Waals surface area contributed by atoms with Gasteiger partial charge in [-0.25, -0.2) is 8.78 Å². The summed E-state index contributed by atoms with van der Waals surface area (Å²) < 4.78 is 85.0. The molecule has 0 saturated heterocycles. The molecule has 0 heterocycles. The lowest BCUT2D eigenvalue weighted by atomic mass is 9.93. The number of aliphatic hydroxyl groups is 1. The quantitative estimate of drug-likeness (QED) is 0.328. The summed E-state index contributed by atoms with van der Waals surface area (Å²) >= 11 is 5.83. The SMILES string of the molecule is CCOc1c(F)cc([C@](O)(COCc2cccc(Oc3ccc(Cl)cc3)c2)C(F)(F)F)cc1F. The van der Waals surface area contributed by atoms with E-state index in [1.807, 2.05) is 0 Å². The van der Waals surface area contributed by atoms with Gasteiger partial charge >= 0.3 is 6.18 Å². The van der Waals surface area contributed by atoms with Crippen LogP contribution in [0.5, 0.6) is 17.2 Å². The van der Waals surface area contributed by atoms with E-state index in [0.29, 0.717) is 34.2 Å². The molecule has 3 aromatic rings. The molecule has 0 aliphatic carbocycles. The molecular weight excluding hydrogens is 483 g/mol. The van der Waals surface area contributed by atoms with Gasteiger partial charge in [0.1, 0.15) is 11.5 Å². The molecule has 34 heavy (non-hydrogen) atoms. The Kier molecular flexibility index (Phi) is 8.01. The van der Waals surface area contributed by atoms with Gasteiger partial charge in [0, 0.05) is 10.6 Å².